The van der Waals surface area contributed by atoms with Gasteiger partial charge in [0.15, 0.2) is 35.5 Å². The van der Waals surface area contributed by atoms with E-state index in [9.17, 15) is 60.6 Å². The molecular formula is C55H45Br6F5N2O16. The molecule has 0 spiro atoms. The number of esters is 4. The first-order chi connectivity index (χ1) is 39.8. The Morgan fingerprint density at radius 3 is 1.44 bits per heavy atom. The van der Waals surface area contributed by atoms with Crippen LogP contribution < -0.4 is 0 Å². The number of Topliss-reactive ketones (excluding diaryl/α,β-unsaturated/α-hetero) is 1. The Bertz CT molecular complexity index is 3470. The van der Waals surface area contributed by atoms with Gasteiger partial charge in [0.2, 0.25) is 0 Å². The average Bonchev–Trinajstić information content (AvgIpc) is 4.17. The number of carbonyl (C=O) groups is 7. The van der Waals surface area contributed by atoms with Gasteiger partial charge in [0.05, 0.1) is 69.8 Å². The molecule has 29 heteroatoms. The number of nitrogens with zero attached hydrogens (tertiary/aromatic N) is 2. The van der Waals surface area contributed by atoms with Crippen LogP contribution >= 0.6 is 95.6 Å². The zero-order chi connectivity index (χ0) is 63.4. The number of aliphatic hydroxyl groups is 2. The highest BCUT2D eigenvalue weighted by Crippen LogP contribution is 2.28. The standard InChI is InChI=1S/C10H9BrFNO3.C10H10BrFO3.C10H8BrFO3.C10H8BrNO3.C8H6BrFO3.C7H4BrFO/c1-2-16-10(14)9(13-15)6-4-3-5-7(11)8(6)12;2*1-2-15-10(14)9(13)6-4-3-5-7(11)8(6)12;1-2-14-10(13)8-6-4-3-5-7(11)9(6)15-12-8;9-5-3-1-2-4(6(5)10)7(11)8(12)13;8-6-3-1-2-5(4-10)7(6)9/h3-5,15H,2H2,1H3;3-5,9,13H,2H2,1H3;2*3-5H,2H2,1H3;1-3,7,11H,(H,12,13);1-4H. The van der Waals surface area contributed by atoms with Crippen molar-refractivity contribution in [2.75, 3.05) is 26.4 Å². The van der Waals surface area contributed by atoms with Crippen LogP contribution in [-0.4, -0.2) is 99.7 Å². The second-order valence-electron chi connectivity index (χ2n) is 15.2. The van der Waals surface area contributed by atoms with Gasteiger partial charge < -0.3 is 44.0 Å². The lowest BCUT2D eigenvalue weighted by Gasteiger charge is -2.11. The number of aliphatic hydroxyl groups excluding tert-OH is 2. The van der Waals surface area contributed by atoms with Crippen LogP contribution in [-0.2, 0) is 38.1 Å². The third-order valence-corrected chi connectivity index (χ3v) is 13.4. The highest BCUT2D eigenvalue weighted by atomic mass is 79.9. The van der Waals surface area contributed by atoms with Gasteiger partial charge in [0.1, 0.15) is 29.1 Å². The van der Waals surface area contributed by atoms with E-state index in [4.69, 9.17) is 24.7 Å². The molecule has 0 amide bonds. The fourth-order valence-electron chi connectivity index (χ4n) is 5.91. The Kier molecular flexibility index (Phi) is 32.9. The van der Waals surface area contributed by atoms with E-state index in [1.165, 1.54) is 78.9 Å². The van der Waals surface area contributed by atoms with Gasteiger partial charge in [-0.2, -0.15) is 0 Å². The number of carbonyl (C=O) groups excluding carboxylic acids is 6. The summed E-state index contributed by atoms with van der Waals surface area (Å²) in [7, 11) is 0. The van der Waals surface area contributed by atoms with Crippen LogP contribution in [0.3, 0.4) is 0 Å². The normalized spacial score (nSPS) is 11.0. The number of ether oxygens (including phenoxy) is 4. The van der Waals surface area contributed by atoms with Gasteiger partial charge in [-0.3, -0.25) is 9.59 Å². The number of aliphatic carboxylic acids is 1. The van der Waals surface area contributed by atoms with Crippen molar-refractivity contribution in [1.29, 1.82) is 0 Å². The number of carboxylic acid groups (broad SMARTS) is 1. The van der Waals surface area contributed by atoms with Crippen molar-refractivity contribution >= 4 is 154 Å². The number of ketones is 1. The summed E-state index contributed by atoms with van der Waals surface area (Å²) in [6, 6.07) is 26.9. The molecule has 0 saturated heterocycles. The van der Waals surface area contributed by atoms with E-state index in [0.717, 1.165) is 4.47 Å². The van der Waals surface area contributed by atoms with Crippen molar-refractivity contribution in [3.63, 3.8) is 0 Å². The molecule has 0 radical (unpaired) electrons. The number of hydrogen-bond acceptors (Lipinski definition) is 17. The molecule has 0 aliphatic heterocycles. The monoisotopic (exact) mass is 1560 g/mol. The van der Waals surface area contributed by atoms with E-state index in [-0.39, 0.29) is 71.2 Å². The van der Waals surface area contributed by atoms with E-state index in [2.05, 4.69) is 120 Å². The van der Waals surface area contributed by atoms with Crippen molar-refractivity contribution in [2.24, 2.45) is 5.16 Å². The minimum absolute atomic E-state index is 0.0781. The van der Waals surface area contributed by atoms with Gasteiger partial charge in [-0.1, -0.05) is 58.8 Å². The first-order valence-corrected chi connectivity index (χ1v) is 28.3. The topological polar surface area (TPSA) is 276 Å². The Labute approximate surface area is 525 Å². The van der Waals surface area contributed by atoms with Crippen molar-refractivity contribution in [1.82, 2.24) is 5.16 Å². The van der Waals surface area contributed by atoms with Crippen LogP contribution in [0.25, 0.3) is 11.0 Å². The minimum Gasteiger partial charge on any atom is -0.479 e. The molecule has 0 saturated carbocycles. The molecule has 7 rings (SSSR count). The lowest BCUT2D eigenvalue weighted by Crippen LogP contribution is -2.20. The number of fused-ring (bicyclic) bond motifs is 1. The number of para-hydroxylation sites is 1. The summed E-state index contributed by atoms with van der Waals surface area (Å²) in [6.45, 7) is 7.20. The number of hydrogen-bond donors (Lipinski definition) is 4. The molecule has 18 nitrogen and oxygen atoms in total. The SMILES string of the molecule is CCOC(=O)C(=NO)c1cccc(Br)c1F.CCOC(=O)C(=O)c1cccc(Br)c1F.CCOC(=O)C(O)c1cccc(Br)c1F.CCOC(=O)c1noc2c(Br)cccc12.O=C(O)C(O)c1cccc(Br)c1F.O=Cc1cccc(Br)c1F. The summed E-state index contributed by atoms with van der Waals surface area (Å²) in [4.78, 5) is 76.8. The van der Waals surface area contributed by atoms with Gasteiger partial charge in [-0.25, -0.2) is 45.9 Å². The summed E-state index contributed by atoms with van der Waals surface area (Å²) < 4.78 is 91.6. The highest BCUT2D eigenvalue weighted by Gasteiger charge is 2.25. The lowest BCUT2D eigenvalue weighted by atomic mass is 10.1. The predicted molar refractivity (Wildman–Crippen MR) is 314 cm³/mol. The summed E-state index contributed by atoms with van der Waals surface area (Å²) >= 11 is 18.0. The number of benzene rings is 6. The molecule has 2 atom stereocenters. The average molecular weight is 1560 g/mol. The van der Waals surface area contributed by atoms with E-state index >= 15 is 0 Å². The number of halogens is 11. The van der Waals surface area contributed by atoms with Crippen molar-refractivity contribution in [3.8, 4) is 0 Å². The number of aldehydes is 1. The molecule has 1 heterocycles. The molecule has 7 aromatic rings. The summed E-state index contributed by atoms with van der Waals surface area (Å²) in [6.07, 6.45) is -2.92. The van der Waals surface area contributed by atoms with E-state index in [1.54, 1.807) is 45.9 Å². The van der Waals surface area contributed by atoms with Gasteiger partial charge in [0.25, 0.3) is 5.78 Å². The number of aromatic nitrogens is 1. The van der Waals surface area contributed by atoms with Crippen LogP contribution in [0, 0.1) is 29.1 Å². The minimum atomic E-state index is -1.82. The molecular weight excluding hydrogens is 1520 g/mol. The summed E-state index contributed by atoms with van der Waals surface area (Å²) in [5.74, 6) is -9.03. The maximum Gasteiger partial charge on any atom is 0.379 e. The third kappa shape index (κ3) is 21.8. The smallest absolute Gasteiger partial charge is 0.379 e. The van der Waals surface area contributed by atoms with Gasteiger partial charge in [-0.05, 0) is 184 Å². The quantitative estimate of drug-likeness (QED) is 0.00906. The van der Waals surface area contributed by atoms with Crippen LogP contribution in [0.1, 0.15) is 87.8 Å². The van der Waals surface area contributed by atoms with Crippen LogP contribution in [0.4, 0.5) is 22.0 Å². The summed E-state index contributed by atoms with van der Waals surface area (Å²) in [5, 5.41) is 42.8. The molecule has 2 unspecified atom stereocenters. The molecule has 448 valence electrons. The first kappa shape index (κ1) is 73.5. The Morgan fingerprint density at radius 2 is 0.964 bits per heavy atom. The molecule has 4 N–H and O–H groups in total. The predicted octanol–water partition coefficient (Wildman–Crippen LogP) is 13.7. The summed E-state index contributed by atoms with van der Waals surface area (Å²) in [5.41, 5.74) is -0.355. The largest absolute Gasteiger partial charge is 0.479 e. The fourth-order valence-corrected chi connectivity index (χ4v) is 8.22. The first-order valence-electron chi connectivity index (χ1n) is 23.5. The van der Waals surface area contributed by atoms with Gasteiger partial charge in [-0.15, -0.1) is 0 Å². The molecule has 84 heavy (non-hydrogen) atoms. The number of oxime groups is 1. The van der Waals surface area contributed by atoms with Crippen LogP contribution in [0.15, 0.2) is 146 Å². The van der Waals surface area contributed by atoms with E-state index in [0.29, 0.717) is 28.3 Å². The second-order valence-corrected chi connectivity index (χ2v) is 20.4. The van der Waals surface area contributed by atoms with Crippen LogP contribution in [0.5, 0.6) is 0 Å². The zero-order valence-corrected chi connectivity index (χ0v) is 53.2. The maximum atomic E-state index is 13.6. The Balaban J connectivity index is 0.000000346. The van der Waals surface area contributed by atoms with E-state index < -0.39 is 82.6 Å². The van der Waals surface area contributed by atoms with Crippen LogP contribution in [0.2, 0.25) is 0 Å². The zero-order valence-electron chi connectivity index (χ0n) is 43.7. The van der Waals surface area contributed by atoms with Crippen molar-refractivity contribution in [2.45, 2.75) is 39.9 Å². The van der Waals surface area contributed by atoms with Gasteiger partial charge in [0, 0.05) is 16.7 Å². The van der Waals surface area contributed by atoms with Gasteiger partial charge >= 0.3 is 29.8 Å². The molecule has 1 aromatic heterocycles. The molecule has 0 bridgehead atoms. The molecule has 0 aliphatic carbocycles. The lowest BCUT2D eigenvalue weighted by molar-refractivity contribution is -0.153. The maximum absolute atomic E-state index is 13.6. The second kappa shape index (κ2) is 37.7. The van der Waals surface area contributed by atoms with E-state index in [1.807, 2.05) is 12.1 Å². The Hall–Kier alpha value is -6.60. The highest BCUT2D eigenvalue weighted by molar-refractivity contribution is 9.11. The van der Waals surface area contributed by atoms with Crippen molar-refractivity contribution in [3.05, 3.63) is 199 Å². The molecule has 6 aromatic carbocycles. The molecule has 0 fully saturated rings. The fraction of sp³-hybridized carbons (Fsp3) is 0.182. The number of rotatable bonds is 14. The Morgan fingerprint density at radius 1 is 0.548 bits per heavy atom. The molecule has 0 aliphatic rings. The van der Waals surface area contributed by atoms with Crippen molar-refractivity contribution < 1.29 is 99.5 Å². The number of carboxylic acids is 1. The third-order valence-electron chi connectivity index (χ3n) is 9.76.